The van der Waals surface area contributed by atoms with E-state index in [2.05, 4.69) is 15.3 Å². The second-order valence-electron chi connectivity index (χ2n) is 5.26. The molecule has 4 nitrogen and oxygen atoms in total. The molecule has 1 unspecified atom stereocenters. The van der Waals surface area contributed by atoms with Gasteiger partial charge in [0.05, 0.1) is 0 Å². The first-order chi connectivity index (χ1) is 9.83. The van der Waals surface area contributed by atoms with Crippen molar-refractivity contribution in [2.24, 2.45) is 0 Å². The Morgan fingerprint density at radius 1 is 1.25 bits per heavy atom. The van der Waals surface area contributed by atoms with Crippen LogP contribution in [-0.4, -0.2) is 16.5 Å². The maximum absolute atomic E-state index is 11.4. The quantitative estimate of drug-likeness (QED) is 0.892. The van der Waals surface area contributed by atoms with Crippen LogP contribution in [0.1, 0.15) is 35.7 Å². The molecule has 0 bridgehead atoms. The summed E-state index contributed by atoms with van der Waals surface area (Å²) in [5, 5.41) is 3.60. The largest absolute Gasteiger partial charge is 0.326 e. The third kappa shape index (κ3) is 2.96. The summed E-state index contributed by atoms with van der Waals surface area (Å²) in [6.45, 7) is 0.938. The summed E-state index contributed by atoms with van der Waals surface area (Å²) < 4.78 is 0. The predicted molar refractivity (Wildman–Crippen MR) is 78.7 cm³/mol. The third-order valence-electron chi connectivity index (χ3n) is 3.89. The fourth-order valence-electron chi connectivity index (χ4n) is 2.85. The number of hydrogen-bond acceptors (Lipinski definition) is 3. The summed E-state index contributed by atoms with van der Waals surface area (Å²) in [7, 11) is 0. The number of H-pyrrole nitrogens is 1. The molecule has 0 fully saturated rings. The van der Waals surface area contributed by atoms with E-state index in [1.807, 2.05) is 30.6 Å². The van der Waals surface area contributed by atoms with Gasteiger partial charge in [0.1, 0.15) is 0 Å². The van der Waals surface area contributed by atoms with Crippen molar-refractivity contribution in [2.75, 3.05) is 6.54 Å². The van der Waals surface area contributed by atoms with Crippen molar-refractivity contribution in [1.82, 2.24) is 15.3 Å². The molecule has 3 rings (SSSR count). The zero-order valence-electron chi connectivity index (χ0n) is 11.4. The predicted octanol–water partition coefficient (Wildman–Crippen LogP) is 1.98. The maximum atomic E-state index is 11.4. The summed E-state index contributed by atoms with van der Waals surface area (Å²) in [6, 6.07) is 8.05. The van der Waals surface area contributed by atoms with E-state index in [9.17, 15) is 4.79 Å². The van der Waals surface area contributed by atoms with Crippen LogP contribution in [0.15, 0.2) is 41.5 Å². The topological polar surface area (TPSA) is 57.8 Å². The van der Waals surface area contributed by atoms with Crippen LogP contribution in [0.25, 0.3) is 0 Å². The van der Waals surface area contributed by atoms with Gasteiger partial charge < -0.3 is 10.3 Å². The highest BCUT2D eigenvalue weighted by atomic mass is 16.1. The summed E-state index contributed by atoms with van der Waals surface area (Å²) in [4.78, 5) is 18.4. The maximum Gasteiger partial charge on any atom is 0.248 e. The molecule has 2 N–H and O–H groups in total. The number of hydrogen-bond donors (Lipinski definition) is 2. The van der Waals surface area contributed by atoms with E-state index in [4.69, 9.17) is 0 Å². The number of pyridine rings is 2. The fourth-order valence-corrected chi connectivity index (χ4v) is 2.85. The lowest BCUT2D eigenvalue weighted by molar-refractivity contribution is 0.457. The summed E-state index contributed by atoms with van der Waals surface area (Å²) in [5.74, 6) is 0. The van der Waals surface area contributed by atoms with E-state index in [0.717, 1.165) is 37.9 Å². The van der Waals surface area contributed by atoms with Gasteiger partial charge in [-0.15, -0.1) is 0 Å². The Kier molecular flexibility index (Phi) is 3.92. The van der Waals surface area contributed by atoms with E-state index in [1.54, 1.807) is 6.07 Å². The normalized spacial score (nSPS) is 17.7. The van der Waals surface area contributed by atoms with Gasteiger partial charge in [-0.05, 0) is 55.5 Å². The standard InChI is InChI=1S/C16H19N3O/c20-16-5-4-13-14(2-1-3-15(13)19-16)18-11-8-12-6-9-17-10-7-12/h4-7,9-10,14,18H,1-3,8,11H2,(H,19,20). The smallest absolute Gasteiger partial charge is 0.248 e. The number of aromatic amines is 1. The van der Waals surface area contributed by atoms with Gasteiger partial charge in [-0.3, -0.25) is 9.78 Å². The molecule has 2 aromatic rings. The lowest BCUT2D eigenvalue weighted by Gasteiger charge is -2.26. The second kappa shape index (κ2) is 6.01. The highest BCUT2D eigenvalue weighted by molar-refractivity contribution is 5.26. The van der Waals surface area contributed by atoms with Crippen LogP contribution in [-0.2, 0) is 12.8 Å². The van der Waals surface area contributed by atoms with E-state index >= 15 is 0 Å². The van der Waals surface area contributed by atoms with Gasteiger partial charge in [0.25, 0.3) is 0 Å². The van der Waals surface area contributed by atoms with Crippen molar-refractivity contribution >= 4 is 0 Å². The molecule has 2 heterocycles. The monoisotopic (exact) mass is 269 g/mol. The van der Waals surface area contributed by atoms with Gasteiger partial charge in [0.15, 0.2) is 0 Å². The Hall–Kier alpha value is -1.94. The first-order valence-electron chi connectivity index (χ1n) is 7.17. The number of fused-ring (bicyclic) bond motifs is 1. The number of nitrogens with zero attached hydrogens (tertiary/aromatic N) is 1. The van der Waals surface area contributed by atoms with Crippen molar-refractivity contribution < 1.29 is 0 Å². The highest BCUT2D eigenvalue weighted by Crippen LogP contribution is 2.27. The van der Waals surface area contributed by atoms with E-state index < -0.39 is 0 Å². The Bertz CT molecular complexity index is 621. The summed E-state index contributed by atoms with van der Waals surface area (Å²) in [5.41, 5.74) is 3.65. The van der Waals surface area contributed by atoms with Crippen molar-refractivity contribution in [1.29, 1.82) is 0 Å². The lowest BCUT2D eigenvalue weighted by atomic mass is 9.91. The molecule has 0 aromatic carbocycles. The molecule has 0 saturated carbocycles. The Labute approximate surface area is 118 Å². The van der Waals surface area contributed by atoms with Crippen LogP contribution in [0.2, 0.25) is 0 Å². The molecule has 0 aliphatic heterocycles. The van der Waals surface area contributed by atoms with Crippen LogP contribution in [0.3, 0.4) is 0 Å². The molecule has 0 saturated heterocycles. The molecule has 0 amide bonds. The molecular weight excluding hydrogens is 250 g/mol. The van der Waals surface area contributed by atoms with Crippen molar-refractivity contribution in [2.45, 2.75) is 31.7 Å². The first-order valence-corrected chi connectivity index (χ1v) is 7.17. The van der Waals surface area contributed by atoms with E-state index in [0.29, 0.717) is 6.04 Å². The van der Waals surface area contributed by atoms with Crippen molar-refractivity contribution in [3.8, 4) is 0 Å². The van der Waals surface area contributed by atoms with Crippen LogP contribution in [0.5, 0.6) is 0 Å². The first kappa shape index (κ1) is 13.1. The van der Waals surface area contributed by atoms with E-state index in [1.165, 1.54) is 11.1 Å². The minimum Gasteiger partial charge on any atom is -0.326 e. The minimum absolute atomic E-state index is 0.00110. The van der Waals surface area contributed by atoms with Crippen LogP contribution >= 0.6 is 0 Å². The molecule has 0 radical (unpaired) electrons. The van der Waals surface area contributed by atoms with Crippen LogP contribution in [0.4, 0.5) is 0 Å². The highest BCUT2D eigenvalue weighted by Gasteiger charge is 2.19. The lowest BCUT2D eigenvalue weighted by Crippen LogP contribution is -2.28. The number of aryl methyl sites for hydroxylation is 1. The Morgan fingerprint density at radius 3 is 2.95 bits per heavy atom. The molecule has 0 spiro atoms. The SMILES string of the molecule is O=c1ccc2c([nH]1)CCCC2NCCc1ccncc1. The molecule has 104 valence electrons. The van der Waals surface area contributed by atoms with Gasteiger partial charge in [0, 0.05) is 30.2 Å². The minimum atomic E-state index is 0.00110. The average Bonchev–Trinajstić information content (AvgIpc) is 2.48. The molecule has 1 aliphatic carbocycles. The Morgan fingerprint density at radius 2 is 2.10 bits per heavy atom. The van der Waals surface area contributed by atoms with Crippen molar-refractivity contribution in [3.05, 3.63) is 63.8 Å². The van der Waals surface area contributed by atoms with Gasteiger partial charge in [-0.25, -0.2) is 0 Å². The molecule has 20 heavy (non-hydrogen) atoms. The number of aromatic nitrogens is 2. The van der Waals surface area contributed by atoms with Gasteiger partial charge in [-0.1, -0.05) is 6.07 Å². The Balaban J connectivity index is 1.63. The zero-order valence-corrected chi connectivity index (χ0v) is 11.4. The van der Waals surface area contributed by atoms with Gasteiger partial charge in [0.2, 0.25) is 5.56 Å². The van der Waals surface area contributed by atoms with Gasteiger partial charge in [-0.2, -0.15) is 0 Å². The molecule has 1 aliphatic rings. The third-order valence-corrected chi connectivity index (χ3v) is 3.89. The second-order valence-corrected chi connectivity index (χ2v) is 5.26. The summed E-state index contributed by atoms with van der Waals surface area (Å²) >= 11 is 0. The zero-order chi connectivity index (χ0) is 13.8. The van der Waals surface area contributed by atoms with Crippen LogP contribution < -0.4 is 10.9 Å². The summed E-state index contributed by atoms with van der Waals surface area (Å²) in [6.07, 6.45) is 7.90. The number of nitrogens with one attached hydrogen (secondary N) is 2. The molecule has 4 heteroatoms. The van der Waals surface area contributed by atoms with E-state index in [-0.39, 0.29) is 5.56 Å². The molecule has 2 aromatic heterocycles. The number of rotatable bonds is 4. The molecule has 1 atom stereocenters. The average molecular weight is 269 g/mol. The van der Waals surface area contributed by atoms with Crippen LogP contribution in [0, 0.1) is 0 Å². The van der Waals surface area contributed by atoms with Crippen molar-refractivity contribution in [3.63, 3.8) is 0 Å². The molecular formula is C16H19N3O. The fraction of sp³-hybridized carbons (Fsp3) is 0.375. The van der Waals surface area contributed by atoms with Gasteiger partial charge >= 0.3 is 0 Å².